The second-order valence-corrected chi connectivity index (χ2v) is 7.57. The zero-order valence-electron chi connectivity index (χ0n) is 15.8. The van der Waals surface area contributed by atoms with Gasteiger partial charge in [-0.05, 0) is 51.1 Å². The van der Waals surface area contributed by atoms with Crippen molar-refractivity contribution in [1.82, 2.24) is 9.88 Å². The number of hydrogen-bond donors (Lipinski definition) is 0. The third kappa shape index (κ3) is 4.09. The molecule has 0 aliphatic carbocycles. The van der Waals surface area contributed by atoms with E-state index in [-0.39, 0.29) is 18.1 Å². The summed E-state index contributed by atoms with van der Waals surface area (Å²) in [6, 6.07) is 11.7. The van der Waals surface area contributed by atoms with Crippen molar-refractivity contribution in [2.45, 2.75) is 43.7 Å². The van der Waals surface area contributed by atoms with E-state index in [1.807, 2.05) is 42.3 Å². The summed E-state index contributed by atoms with van der Waals surface area (Å²) in [7, 11) is 0. The highest BCUT2D eigenvalue weighted by molar-refractivity contribution is 7.98. The van der Waals surface area contributed by atoms with Crippen LogP contribution in [0.4, 0.5) is 0 Å². The van der Waals surface area contributed by atoms with E-state index in [9.17, 15) is 10.1 Å². The van der Waals surface area contributed by atoms with E-state index in [0.29, 0.717) is 18.0 Å². The number of likely N-dealkylation sites (tertiary alicyclic amines) is 1. The summed E-state index contributed by atoms with van der Waals surface area (Å²) in [5.74, 6) is 0.515. The molecule has 140 valence electrons. The van der Waals surface area contributed by atoms with Crippen molar-refractivity contribution in [2.24, 2.45) is 0 Å². The minimum Gasteiger partial charge on any atom is -0.472 e. The van der Waals surface area contributed by atoms with Crippen molar-refractivity contribution >= 4 is 17.7 Å². The predicted molar refractivity (Wildman–Crippen MR) is 106 cm³/mol. The number of pyridine rings is 1. The summed E-state index contributed by atoms with van der Waals surface area (Å²) in [6.07, 6.45) is 5.16. The minimum atomic E-state index is -0.133. The lowest BCUT2D eigenvalue weighted by atomic mass is 10.00. The number of hydrogen-bond acceptors (Lipinski definition) is 5. The smallest absolute Gasteiger partial charge is 0.255 e. The number of rotatable bonds is 4. The van der Waals surface area contributed by atoms with E-state index < -0.39 is 0 Å². The summed E-state index contributed by atoms with van der Waals surface area (Å²) in [4.78, 5) is 20.3. The Balaban J connectivity index is 1.79. The highest BCUT2D eigenvalue weighted by Gasteiger charge is 2.32. The second-order valence-electron chi connectivity index (χ2n) is 6.72. The molecule has 2 aromatic rings. The molecule has 1 aromatic heterocycles. The number of amides is 1. The highest BCUT2D eigenvalue weighted by Crippen LogP contribution is 2.27. The van der Waals surface area contributed by atoms with Crippen LogP contribution in [0, 0.1) is 18.3 Å². The number of aromatic nitrogens is 1. The van der Waals surface area contributed by atoms with Crippen LogP contribution in [-0.4, -0.2) is 40.7 Å². The normalized spacial score (nSPS) is 19.4. The summed E-state index contributed by atoms with van der Waals surface area (Å²) in [6.45, 7) is 4.43. The fraction of sp³-hybridized carbons (Fsp3) is 0.381. The van der Waals surface area contributed by atoms with Crippen molar-refractivity contribution in [2.75, 3.05) is 12.8 Å². The average molecular weight is 382 g/mol. The zero-order valence-corrected chi connectivity index (χ0v) is 16.6. The molecule has 1 amide bonds. The highest BCUT2D eigenvalue weighted by atomic mass is 32.2. The summed E-state index contributed by atoms with van der Waals surface area (Å²) in [5, 5.41) is 9.19. The molecular formula is C21H23N3O2S. The van der Waals surface area contributed by atoms with Crippen LogP contribution in [0.3, 0.4) is 0 Å². The van der Waals surface area contributed by atoms with Gasteiger partial charge in [0.2, 0.25) is 5.88 Å². The molecular weight excluding hydrogens is 358 g/mol. The van der Waals surface area contributed by atoms with Crippen LogP contribution in [0.25, 0.3) is 0 Å². The lowest BCUT2D eigenvalue weighted by Crippen LogP contribution is -2.49. The van der Waals surface area contributed by atoms with Crippen LogP contribution in [0.15, 0.2) is 41.4 Å². The molecule has 0 spiro atoms. The van der Waals surface area contributed by atoms with Gasteiger partial charge in [-0.25, -0.2) is 4.98 Å². The van der Waals surface area contributed by atoms with E-state index >= 15 is 0 Å². The molecule has 0 bridgehead atoms. The van der Waals surface area contributed by atoms with Crippen molar-refractivity contribution in [3.63, 3.8) is 0 Å². The molecule has 1 aliphatic heterocycles. The van der Waals surface area contributed by atoms with Gasteiger partial charge in [0.15, 0.2) is 0 Å². The fourth-order valence-corrected chi connectivity index (χ4v) is 3.93. The van der Waals surface area contributed by atoms with Crippen LogP contribution in [0.5, 0.6) is 5.88 Å². The van der Waals surface area contributed by atoms with Crippen molar-refractivity contribution in [3.8, 4) is 11.9 Å². The standard InChI is InChI=1S/C21H23N3O2S/c1-14-8-9-17(26-20-15(2)16(12-22)10-11-23-20)13-24(14)21(25)18-6-4-5-7-19(18)27-3/h4-7,10-11,14,17H,8-9,13H2,1-3H3/t14-,17-/m1/s1. The van der Waals surface area contributed by atoms with Gasteiger partial charge in [-0.1, -0.05) is 12.1 Å². The average Bonchev–Trinajstić information content (AvgIpc) is 2.70. The maximum Gasteiger partial charge on any atom is 0.255 e. The molecule has 1 aromatic carbocycles. The van der Waals surface area contributed by atoms with Crippen LogP contribution in [-0.2, 0) is 0 Å². The predicted octanol–water partition coefficient (Wildman–Crippen LogP) is 4.06. The molecule has 1 aliphatic rings. The largest absolute Gasteiger partial charge is 0.472 e. The number of nitrogens with zero attached hydrogens (tertiary/aromatic N) is 3. The van der Waals surface area contributed by atoms with Gasteiger partial charge in [-0.3, -0.25) is 4.79 Å². The molecule has 0 N–H and O–H groups in total. The molecule has 2 atom stereocenters. The van der Waals surface area contributed by atoms with E-state index in [0.717, 1.165) is 28.9 Å². The molecule has 0 saturated carbocycles. The quantitative estimate of drug-likeness (QED) is 0.747. The first-order chi connectivity index (χ1) is 13.0. The monoisotopic (exact) mass is 381 g/mol. The summed E-state index contributed by atoms with van der Waals surface area (Å²) >= 11 is 1.58. The molecule has 6 heteroatoms. The number of carbonyl (C=O) groups excluding carboxylic acids is 1. The molecule has 0 unspecified atom stereocenters. The van der Waals surface area contributed by atoms with Gasteiger partial charge < -0.3 is 9.64 Å². The van der Waals surface area contributed by atoms with Crippen LogP contribution in [0.2, 0.25) is 0 Å². The van der Waals surface area contributed by atoms with E-state index in [2.05, 4.69) is 18.0 Å². The third-order valence-electron chi connectivity index (χ3n) is 4.99. The lowest BCUT2D eigenvalue weighted by molar-refractivity contribution is 0.0368. The van der Waals surface area contributed by atoms with Gasteiger partial charge in [0, 0.05) is 22.7 Å². The SMILES string of the molecule is CSc1ccccc1C(=O)N1C[C@H](Oc2nccc(C#N)c2C)CC[C@H]1C. The molecule has 3 rings (SSSR count). The molecule has 1 fully saturated rings. The van der Waals surface area contributed by atoms with Crippen molar-refractivity contribution in [3.05, 3.63) is 53.2 Å². The maximum absolute atomic E-state index is 13.2. The number of piperidine rings is 1. The van der Waals surface area contributed by atoms with Crippen molar-refractivity contribution < 1.29 is 9.53 Å². The molecule has 27 heavy (non-hydrogen) atoms. The number of benzene rings is 1. The number of thioether (sulfide) groups is 1. The summed E-state index contributed by atoms with van der Waals surface area (Å²) < 4.78 is 6.09. The van der Waals surface area contributed by atoms with E-state index in [1.165, 1.54) is 0 Å². The second kappa shape index (κ2) is 8.45. The van der Waals surface area contributed by atoms with Gasteiger partial charge in [0.05, 0.1) is 23.7 Å². The van der Waals surface area contributed by atoms with Crippen molar-refractivity contribution in [1.29, 1.82) is 5.26 Å². The first-order valence-corrected chi connectivity index (χ1v) is 10.2. The van der Waals surface area contributed by atoms with E-state index in [1.54, 1.807) is 24.0 Å². The number of ether oxygens (including phenoxy) is 1. The first-order valence-electron chi connectivity index (χ1n) is 9.01. The van der Waals surface area contributed by atoms with Gasteiger partial charge >= 0.3 is 0 Å². The Morgan fingerprint density at radius 1 is 1.33 bits per heavy atom. The van der Waals surface area contributed by atoms with Gasteiger partial charge in [0.25, 0.3) is 5.91 Å². The first kappa shape index (κ1) is 19.2. The Morgan fingerprint density at radius 2 is 2.11 bits per heavy atom. The van der Waals surface area contributed by atoms with Crippen LogP contribution < -0.4 is 4.74 Å². The molecule has 2 heterocycles. The van der Waals surface area contributed by atoms with E-state index in [4.69, 9.17) is 4.74 Å². The summed E-state index contributed by atoms with van der Waals surface area (Å²) in [5.41, 5.74) is 2.04. The van der Waals surface area contributed by atoms with Crippen LogP contribution >= 0.6 is 11.8 Å². The fourth-order valence-electron chi connectivity index (χ4n) is 3.34. The maximum atomic E-state index is 13.2. The third-order valence-corrected chi connectivity index (χ3v) is 5.79. The van der Waals surface area contributed by atoms with Gasteiger partial charge in [-0.2, -0.15) is 5.26 Å². The Kier molecular flexibility index (Phi) is 6.02. The number of nitriles is 1. The molecule has 5 nitrogen and oxygen atoms in total. The topological polar surface area (TPSA) is 66.2 Å². The van der Waals surface area contributed by atoms with Crippen LogP contribution in [0.1, 0.15) is 41.3 Å². The molecule has 0 radical (unpaired) electrons. The van der Waals surface area contributed by atoms with Gasteiger partial charge in [-0.15, -0.1) is 11.8 Å². The minimum absolute atomic E-state index is 0.0382. The lowest BCUT2D eigenvalue weighted by Gasteiger charge is -2.38. The Morgan fingerprint density at radius 3 is 2.85 bits per heavy atom. The Hall–Kier alpha value is -2.52. The number of carbonyl (C=O) groups is 1. The molecule has 1 saturated heterocycles. The van der Waals surface area contributed by atoms with Gasteiger partial charge in [0.1, 0.15) is 6.10 Å². The Labute approximate surface area is 164 Å². The zero-order chi connectivity index (χ0) is 19.4. The Bertz CT molecular complexity index is 878.